The first-order valence-corrected chi connectivity index (χ1v) is 10.7. The monoisotopic (exact) mass is 453 g/mol. The van der Waals surface area contributed by atoms with E-state index >= 15 is 0 Å². The molecule has 174 valence electrons. The third-order valence-electron chi connectivity index (χ3n) is 5.47. The summed E-state index contributed by atoms with van der Waals surface area (Å²) in [4.78, 5) is 46.4. The van der Waals surface area contributed by atoms with Crippen LogP contribution in [0.2, 0.25) is 0 Å². The molecule has 0 aliphatic carbocycles. The van der Waals surface area contributed by atoms with Crippen molar-refractivity contribution in [3.8, 4) is 0 Å². The number of hydrogen-bond donors (Lipinski definition) is 2. The van der Waals surface area contributed by atoms with E-state index in [2.05, 4.69) is 15.5 Å². The highest BCUT2D eigenvalue weighted by Gasteiger charge is 2.50. The van der Waals surface area contributed by atoms with Crippen molar-refractivity contribution < 1.29 is 29.1 Å². The summed E-state index contributed by atoms with van der Waals surface area (Å²) in [6.45, 7) is 5.50. The molecule has 1 aromatic carbocycles. The maximum absolute atomic E-state index is 13.3. The topological polar surface area (TPSA) is 127 Å². The highest BCUT2D eigenvalue weighted by atomic mass is 16.7. The Balaban J connectivity index is 1.83. The van der Waals surface area contributed by atoms with Crippen LogP contribution in [0.3, 0.4) is 0 Å². The summed E-state index contributed by atoms with van der Waals surface area (Å²) in [5.41, 5.74) is -0.178. The normalized spacial score (nSPS) is 18.7. The molecule has 1 aliphatic heterocycles. The Labute approximate surface area is 191 Å². The first-order valence-electron chi connectivity index (χ1n) is 10.7. The third-order valence-corrected chi connectivity index (χ3v) is 5.47. The summed E-state index contributed by atoms with van der Waals surface area (Å²) in [7, 11) is 0. The van der Waals surface area contributed by atoms with Crippen LogP contribution in [-0.2, 0) is 24.0 Å². The number of nitrogens with zero attached hydrogens (tertiary/aromatic N) is 2. The minimum atomic E-state index is -1.34. The van der Waals surface area contributed by atoms with Crippen LogP contribution < -0.4 is 5.32 Å². The molecule has 0 radical (unpaired) electrons. The number of ether oxygens (including phenoxy) is 1. The maximum Gasteiger partial charge on any atom is 0.330 e. The molecule has 3 rings (SSSR count). The van der Waals surface area contributed by atoms with Crippen molar-refractivity contribution in [2.75, 3.05) is 6.61 Å². The van der Waals surface area contributed by atoms with Gasteiger partial charge in [0.05, 0.1) is 24.8 Å². The van der Waals surface area contributed by atoms with Crippen LogP contribution in [0.25, 0.3) is 10.8 Å². The summed E-state index contributed by atoms with van der Waals surface area (Å²) >= 11 is 0. The third kappa shape index (κ3) is 5.36. The Bertz CT molecular complexity index is 1110. The number of oxime groups is 1. The highest BCUT2D eigenvalue weighted by Crippen LogP contribution is 2.35. The molecule has 0 unspecified atom stereocenters. The number of aromatic nitrogens is 1. The number of nitrogens with one attached hydrogen (secondary N) is 1. The van der Waals surface area contributed by atoms with Crippen LogP contribution in [0, 0.1) is 5.92 Å². The van der Waals surface area contributed by atoms with Crippen molar-refractivity contribution in [2.24, 2.45) is 11.1 Å². The number of rotatable bonds is 9. The maximum atomic E-state index is 13.3. The molecular weight excluding hydrogens is 426 g/mol. The van der Waals surface area contributed by atoms with Gasteiger partial charge in [-0.3, -0.25) is 14.6 Å². The average Bonchev–Trinajstić information content (AvgIpc) is 3.24. The average molecular weight is 453 g/mol. The summed E-state index contributed by atoms with van der Waals surface area (Å²) in [5, 5.41) is 18.0. The van der Waals surface area contributed by atoms with E-state index in [0.29, 0.717) is 11.4 Å². The van der Waals surface area contributed by atoms with E-state index in [1.165, 1.54) is 6.08 Å². The molecule has 9 heteroatoms. The fraction of sp³-hybridized carbons (Fsp3) is 0.375. The molecule has 0 bridgehead atoms. The first-order chi connectivity index (χ1) is 15.8. The molecular formula is C24H27N3O6. The summed E-state index contributed by atoms with van der Waals surface area (Å²) < 4.78 is 4.82. The summed E-state index contributed by atoms with van der Waals surface area (Å²) in [5.74, 6) is -2.55. The van der Waals surface area contributed by atoms with Gasteiger partial charge in [-0.15, -0.1) is 0 Å². The standard InChI is InChI=1S/C24H27N3O6/c1-4-32-21(30)10-9-17(13-20(28)29)26-23(31)24(15(2)3)14-19(27-33-24)22-18-8-6-5-7-16(18)11-12-25-22/h5-12,15,17H,4,13-14H2,1-3H3,(H,26,31)(H,28,29)/t17-,24-/m1/s1. The van der Waals surface area contributed by atoms with E-state index in [1.54, 1.807) is 13.1 Å². The van der Waals surface area contributed by atoms with Crippen molar-refractivity contribution in [3.63, 3.8) is 0 Å². The van der Waals surface area contributed by atoms with E-state index in [4.69, 9.17) is 9.57 Å². The van der Waals surface area contributed by atoms with Gasteiger partial charge in [0.15, 0.2) is 0 Å². The molecule has 0 saturated carbocycles. The highest BCUT2D eigenvalue weighted by molar-refractivity contribution is 6.11. The quantitative estimate of drug-likeness (QED) is 0.441. The molecule has 2 aromatic rings. The van der Waals surface area contributed by atoms with Gasteiger partial charge in [0.1, 0.15) is 5.71 Å². The van der Waals surface area contributed by atoms with E-state index in [0.717, 1.165) is 16.8 Å². The van der Waals surface area contributed by atoms with Gasteiger partial charge >= 0.3 is 11.9 Å². The number of esters is 1. The van der Waals surface area contributed by atoms with Crippen LogP contribution in [0.5, 0.6) is 0 Å². The van der Waals surface area contributed by atoms with Crippen LogP contribution >= 0.6 is 0 Å². The van der Waals surface area contributed by atoms with Gasteiger partial charge in [-0.1, -0.05) is 49.3 Å². The van der Waals surface area contributed by atoms with Gasteiger partial charge in [0.25, 0.3) is 5.91 Å². The lowest BCUT2D eigenvalue weighted by molar-refractivity contribution is -0.150. The van der Waals surface area contributed by atoms with E-state index in [1.807, 2.05) is 44.2 Å². The Hall–Kier alpha value is -3.75. The fourth-order valence-corrected chi connectivity index (χ4v) is 3.65. The Morgan fingerprint density at radius 1 is 1.27 bits per heavy atom. The van der Waals surface area contributed by atoms with Gasteiger partial charge in [0, 0.05) is 30.0 Å². The molecule has 0 spiro atoms. The SMILES string of the molecule is CCOC(=O)C=C[C@H](CC(=O)O)NC(=O)[C@]1(C(C)C)CC(c2nccc3ccccc23)=NO1. The number of carbonyl (C=O) groups is 3. The van der Waals surface area contributed by atoms with Gasteiger partial charge in [-0.25, -0.2) is 4.79 Å². The Morgan fingerprint density at radius 2 is 2.03 bits per heavy atom. The number of aliphatic carboxylic acids is 1. The first kappa shape index (κ1) is 23.9. The van der Waals surface area contributed by atoms with Crippen LogP contribution in [0.4, 0.5) is 0 Å². The van der Waals surface area contributed by atoms with Crippen molar-refractivity contribution in [3.05, 3.63) is 54.4 Å². The second-order valence-electron chi connectivity index (χ2n) is 8.02. The Morgan fingerprint density at radius 3 is 2.73 bits per heavy atom. The number of amides is 1. The van der Waals surface area contributed by atoms with Gasteiger partial charge in [0.2, 0.25) is 5.60 Å². The molecule has 1 aliphatic rings. The predicted octanol–water partition coefficient (Wildman–Crippen LogP) is 2.83. The smallest absolute Gasteiger partial charge is 0.330 e. The van der Waals surface area contributed by atoms with E-state index in [9.17, 15) is 19.5 Å². The van der Waals surface area contributed by atoms with Crippen molar-refractivity contribution >= 4 is 34.3 Å². The number of fused-ring (bicyclic) bond motifs is 1. The lowest BCUT2D eigenvalue weighted by atomic mass is 9.83. The lowest BCUT2D eigenvalue weighted by Gasteiger charge is -2.30. The molecule has 0 fully saturated rings. The zero-order chi connectivity index (χ0) is 24.0. The van der Waals surface area contributed by atoms with Gasteiger partial charge < -0.3 is 20.0 Å². The minimum absolute atomic E-state index is 0.166. The number of pyridine rings is 1. The van der Waals surface area contributed by atoms with Crippen LogP contribution in [-0.4, -0.2) is 51.9 Å². The van der Waals surface area contributed by atoms with Gasteiger partial charge in [-0.2, -0.15) is 0 Å². The van der Waals surface area contributed by atoms with Crippen molar-refractivity contribution in [1.29, 1.82) is 0 Å². The van der Waals surface area contributed by atoms with Gasteiger partial charge in [-0.05, 0) is 18.4 Å². The number of carboxylic acid groups (broad SMARTS) is 1. The van der Waals surface area contributed by atoms with Crippen LogP contribution in [0.1, 0.15) is 39.3 Å². The van der Waals surface area contributed by atoms with E-state index < -0.39 is 35.9 Å². The molecule has 0 saturated heterocycles. The van der Waals surface area contributed by atoms with E-state index in [-0.39, 0.29) is 18.9 Å². The molecule has 2 N–H and O–H groups in total. The fourth-order valence-electron chi connectivity index (χ4n) is 3.65. The molecule has 9 nitrogen and oxygen atoms in total. The number of carbonyl (C=O) groups excluding carboxylic acids is 2. The molecule has 2 atom stereocenters. The number of hydrogen-bond acceptors (Lipinski definition) is 7. The zero-order valence-electron chi connectivity index (χ0n) is 18.8. The minimum Gasteiger partial charge on any atom is -0.481 e. The molecule has 33 heavy (non-hydrogen) atoms. The lowest BCUT2D eigenvalue weighted by Crippen LogP contribution is -2.53. The van der Waals surface area contributed by atoms with Crippen molar-refractivity contribution in [1.82, 2.24) is 10.3 Å². The van der Waals surface area contributed by atoms with Crippen LogP contribution in [0.15, 0.2) is 53.8 Å². The predicted molar refractivity (Wildman–Crippen MR) is 122 cm³/mol. The Kier molecular flexibility index (Phi) is 7.42. The zero-order valence-corrected chi connectivity index (χ0v) is 18.8. The number of benzene rings is 1. The second kappa shape index (κ2) is 10.2. The summed E-state index contributed by atoms with van der Waals surface area (Å²) in [6.07, 6.45) is 3.85. The molecule has 1 amide bonds. The molecule has 1 aromatic heterocycles. The summed E-state index contributed by atoms with van der Waals surface area (Å²) in [6, 6.07) is 8.68. The second-order valence-corrected chi connectivity index (χ2v) is 8.02. The van der Waals surface area contributed by atoms with Crippen molar-refractivity contribution in [2.45, 2.75) is 45.3 Å². The number of carboxylic acids is 1. The molecule has 2 heterocycles. The largest absolute Gasteiger partial charge is 0.481 e.